The van der Waals surface area contributed by atoms with Crippen LogP contribution >= 0.6 is 23.2 Å². The number of methoxy groups -OCH3 is 1. The molecule has 49 heavy (non-hydrogen) atoms. The number of phenols is 1. The Kier molecular flexibility index (Phi) is 8.15. The molecular formula is C36H31Cl2N3O8. The molecule has 0 radical (unpaired) electrons. The third kappa shape index (κ3) is 4.97. The zero-order chi connectivity index (χ0) is 34.8. The normalized spacial score (nSPS) is 27.4. The maximum atomic E-state index is 15.2. The van der Waals surface area contributed by atoms with Crippen LogP contribution < -0.4 is 10.2 Å². The number of carbonyl (C=O) groups is 5. The van der Waals surface area contributed by atoms with Crippen molar-refractivity contribution < 1.29 is 38.9 Å². The average Bonchev–Trinajstić information content (AvgIpc) is 3.45. The highest BCUT2D eigenvalue weighted by Crippen LogP contribution is 2.65. The van der Waals surface area contributed by atoms with Gasteiger partial charge in [0.05, 0.1) is 47.4 Å². The Bertz CT molecular complexity index is 1950. The number of imide groups is 2. The number of ether oxygens (including phenoxy) is 1. The summed E-state index contributed by atoms with van der Waals surface area (Å²) in [5.74, 6) is -7.12. The fourth-order valence-corrected chi connectivity index (χ4v) is 8.86. The predicted octanol–water partition coefficient (Wildman–Crippen LogP) is 5.17. The highest BCUT2D eigenvalue weighted by atomic mass is 35.5. The predicted molar refractivity (Wildman–Crippen MR) is 178 cm³/mol. The molecule has 0 aromatic heterocycles. The lowest BCUT2D eigenvalue weighted by molar-refractivity contribution is -0.143. The minimum Gasteiger partial charge on any atom is -0.508 e. The number of benzene rings is 3. The molecule has 11 nitrogen and oxygen atoms in total. The van der Waals surface area contributed by atoms with Crippen LogP contribution in [0.3, 0.4) is 0 Å². The lowest BCUT2D eigenvalue weighted by Crippen LogP contribution is -2.53. The first kappa shape index (κ1) is 32.7. The molecule has 4 amide bonds. The van der Waals surface area contributed by atoms with Gasteiger partial charge in [0, 0.05) is 23.0 Å². The number of hydrogen-bond acceptors (Lipinski definition) is 8. The van der Waals surface area contributed by atoms with Gasteiger partial charge in [0.25, 0.3) is 11.8 Å². The molecule has 0 bridgehead atoms. The number of fused-ring (bicyclic) bond motifs is 4. The number of anilines is 1. The Morgan fingerprint density at radius 1 is 0.980 bits per heavy atom. The number of carboxylic acids is 1. The lowest BCUT2D eigenvalue weighted by atomic mass is 9.49. The molecule has 0 unspecified atom stereocenters. The Labute approximate surface area is 291 Å². The van der Waals surface area contributed by atoms with E-state index in [0.29, 0.717) is 27.5 Å². The van der Waals surface area contributed by atoms with Gasteiger partial charge in [-0.1, -0.05) is 65.2 Å². The number of likely N-dealkylation sites (tertiary alicyclic amines) is 1. The first-order valence-corrected chi connectivity index (χ1v) is 16.5. The second-order valence-corrected chi connectivity index (χ2v) is 13.6. The van der Waals surface area contributed by atoms with E-state index in [1.165, 1.54) is 19.2 Å². The van der Waals surface area contributed by atoms with E-state index in [1.807, 2.05) is 6.08 Å². The van der Waals surface area contributed by atoms with Gasteiger partial charge in [-0.05, 0) is 60.7 Å². The third-order valence-corrected chi connectivity index (χ3v) is 11.0. The van der Waals surface area contributed by atoms with Crippen LogP contribution in [0.2, 0.25) is 10.0 Å². The van der Waals surface area contributed by atoms with E-state index in [2.05, 4.69) is 5.43 Å². The van der Waals surface area contributed by atoms with E-state index in [4.69, 9.17) is 27.9 Å². The first-order valence-electron chi connectivity index (χ1n) is 15.8. The van der Waals surface area contributed by atoms with Crippen molar-refractivity contribution in [2.24, 2.45) is 23.7 Å². The number of allylic oxidation sites excluding steroid dienone is 2. The Morgan fingerprint density at radius 3 is 2.39 bits per heavy atom. The van der Waals surface area contributed by atoms with Crippen molar-refractivity contribution in [3.05, 3.63) is 99.6 Å². The Balaban J connectivity index is 1.43. The van der Waals surface area contributed by atoms with Crippen molar-refractivity contribution >= 4 is 58.5 Å². The van der Waals surface area contributed by atoms with Gasteiger partial charge < -0.3 is 14.9 Å². The summed E-state index contributed by atoms with van der Waals surface area (Å²) >= 11 is 12.6. The molecule has 6 atom stereocenters. The van der Waals surface area contributed by atoms with Crippen LogP contribution in [0.15, 0.2) is 78.4 Å². The fraction of sp³-hybridized carbons (Fsp3) is 0.306. The zero-order valence-electron chi connectivity index (χ0n) is 26.1. The zero-order valence-corrected chi connectivity index (χ0v) is 27.6. The van der Waals surface area contributed by atoms with E-state index in [9.17, 15) is 29.4 Å². The van der Waals surface area contributed by atoms with Crippen LogP contribution in [0, 0.1) is 23.7 Å². The number of phenolic OH excluding ortho intramolecular Hbond substituents is 1. The van der Waals surface area contributed by atoms with E-state index < -0.39 is 71.0 Å². The summed E-state index contributed by atoms with van der Waals surface area (Å²) in [7, 11) is 1.51. The van der Waals surface area contributed by atoms with Gasteiger partial charge in [-0.25, -0.2) is 0 Å². The number of hydrazine groups is 1. The van der Waals surface area contributed by atoms with Crippen LogP contribution in [0.5, 0.6) is 11.5 Å². The van der Waals surface area contributed by atoms with Gasteiger partial charge in [-0.3, -0.25) is 34.3 Å². The third-order valence-electron chi connectivity index (χ3n) is 10.5. The molecule has 3 aromatic rings. The summed E-state index contributed by atoms with van der Waals surface area (Å²) in [4.78, 5) is 69.7. The van der Waals surface area contributed by atoms with Crippen LogP contribution in [0.25, 0.3) is 0 Å². The molecular weight excluding hydrogens is 673 g/mol. The average molecular weight is 705 g/mol. The van der Waals surface area contributed by atoms with Crippen molar-refractivity contribution in [1.82, 2.24) is 9.91 Å². The number of nitrogens with zero attached hydrogens (tertiary/aromatic N) is 2. The summed E-state index contributed by atoms with van der Waals surface area (Å²) in [5, 5.41) is 22.2. The van der Waals surface area contributed by atoms with Crippen LogP contribution in [-0.4, -0.2) is 63.4 Å². The molecule has 13 heteroatoms. The molecule has 2 saturated heterocycles. The second kappa shape index (κ2) is 12.2. The number of carbonyl (C=O) groups excluding carboxylic acids is 4. The number of halogens is 2. The maximum absolute atomic E-state index is 15.2. The van der Waals surface area contributed by atoms with Gasteiger partial charge in [0.1, 0.15) is 11.5 Å². The van der Waals surface area contributed by atoms with Crippen molar-refractivity contribution in [2.45, 2.75) is 30.6 Å². The molecule has 0 spiro atoms. The summed E-state index contributed by atoms with van der Waals surface area (Å²) in [6, 6.07) is 18.0. The van der Waals surface area contributed by atoms with Gasteiger partial charge in [0.2, 0.25) is 11.8 Å². The molecule has 4 aliphatic rings. The standard InChI is InChI=1S/C36H31Cl2N3O8/c1-49-20-9-6-18(7-10-20)36-25(33(46)41(35(36)48)39-27-13-8-19(37)16-26(27)38)17-24-21(31(36)22-4-2-3-5-28(22)42)11-12-23-30(24)34(47)40(32(23)45)15-14-29(43)44/h2-11,13,16,23-25,30-31,39,42H,12,14-15,17H2,1H3,(H,43,44)/t23-,24+,25-,30-,31+,36+/m0/s1. The van der Waals surface area contributed by atoms with Crippen molar-refractivity contribution in [1.29, 1.82) is 0 Å². The fourth-order valence-electron chi connectivity index (χ4n) is 8.41. The SMILES string of the molecule is COc1ccc([C@@]23C(=O)N(Nc4ccc(Cl)cc4Cl)C(=O)[C@@H]2C[C@@H]2C(=CC[C@@H]4C(=O)N(CCC(=O)O)C(=O)[C@@H]42)[C@@H]3c2ccccc2O)cc1. The largest absolute Gasteiger partial charge is 0.508 e. The van der Waals surface area contributed by atoms with Crippen LogP contribution in [0.4, 0.5) is 5.69 Å². The number of rotatable bonds is 8. The number of para-hydroxylation sites is 1. The molecule has 3 aromatic carbocycles. The number of amides is 4. The minimum absolute atomic E-state index is 0.0337. The van der Waals surface area contributed by atoms with Crippen LogP contribution in [0.1, 0.15) is 36.3 Å². The topological polar surface area (TPSA) is 154 Å². The minimum atomic E-state index is -1.61. The molecule has 7 rings (SSSR count). The van der Waals surface area contributed by atoms with E-state index in [-0.39, 0.29) is 35.8 Å². The first-order chi connectivity index (χ1) is 23.5. The smallest absolute Gasteiger partial charge is 0.305 e. The van der Waals surface area contributed by atoms with Gasteiger partial charge in [0.15, 0.2) is 0 Å². The Hall–Kier alpha value is -4.87. The lowest BCUT2D eigenvalue weighted by Gasteiger charge is -2.50. The molecule has 2 heterocycles. The molecule has 2 aliphatic heterocycles. The van der Waals surface area contributed by atoms with Crippen molar-refractivity contribution in [3.8, 4) is 11.5 Å². The molecule has 3 N–H and O–H groups in total. The van der Waals surface area contributed by atoms with Crippen molar-refractivity contribution in [3.63, 3.8) is 0 Å². The summed E-state index contributed by atoms with van der Waals surface area (Å²) in [6.07, 6.45) is 1.67. The molecule has 3 fully saturated rings. The monoisotopic (exact) mass is 703 g/mol. The maximum Gasteiger partial charge on any atom is 0.305 e. The number of nitrogens with one attached hydrogen (secondary N) is 1. The van der Waals surface area contributed by atoms with Gasteiger partial charge in [-0.15, -0.1) is 0 Å². The van der Waals surface area contributed by atoms with E-state index in [1.54, 1.807) is 54.6 Å². The quantitative estimate of drug-likeness (QED) is 0.213. The molecule has 2 aliphatic carbocycles. The molecule has 252 valence electrons. The highest BCUT2D eigenvalue weighted by Gasteiger charge is 2.70. The summed E-state index contributed by atoms with van der Waals surface area (Å²) in [5.41, 5.74) is 3.11. The summed E-state index contributed by atoms with van der Waals surface area (Å²) < 4.78 is 5.40. The number of aromatic hydroxyl groups is 1. The Morgan fingerprint density at radius 2 is 1.71 bits per heavy atom. The van der Waals surface area contributed by atoms with Crippen LogP contribution in [-0.2, 0) is 29.4 Å². The molecule has 1 saturated carbocycles. The van der Waals surface area contributed by atoms with Gasteiger partial charge >= 0.3 is 5.97 Å². The van der Waals surface area contributed by atoms with Crippen molar-refractivity contribution in [2.75, 3.05) is 19.1 Å². The number of carboxylic acid groups (broad SMARTS) is 1. The summed E-state index contributed by atoms with van der Waals surface area (Å²) in [6.45, 7) is -0.263. The number of aliphatic carboxylic acids is 1. The number of hydrogen-bond donors (Lipinski definition) is 3. The van der Waals surface area contributed by atoms with Gasteiger partial charge in [-0.2, -0.15) is 5.01 Å². The van der Waals surface area contributed by atoms with E-state index >= 15 is 4.79 Å². The highest BCUT2D eigenvalue weighted by molar-refractivity contribution is 6.36. The van der Waals surface area contributed by atoms with E-state index in [0.717, 1.165) is 9.91 Å². The second-order valence-electron chi connectivity index (χ2n) is 12.7.